The van der Waals surface area contributed by atoms with Crippen molar-refractivity contribution in [3.63, 3.8) is 0 Å². The summed E-state index contributed by atoms with van der Waals surface area (Å²) in [6.07, 6.45) is 7.50. The predicted octanol–water partition coefficient (Wildman–Crippen LogP) is 7.97. The van der Waals surface area contributed by atoms with Gasteiger partial charge in [-0.15, -0.1) is 0 Å². The molecular weight excluding hydrogens is 548 g/mol. The van der Waals surface area contributed by atoms with Crippen LogP contribution >= 0.6 is 0 Å². The van der Waals surface area contributed by atoms with Crippen LogP contribution in [0.5, 0.6) is 0 Å². The molecule has 4 heteroatoms. The monoisotopic (exact) mass is 578 g/mol. The molecule has 4 aromatic carbocycles. The Labute approximate surface area is 260 Å². The quantitative estimate of drug-likeness (QED) is 0.176. The first-order valence-electron chi connectivity index (χ1n) is 16.5. The van der Waals surface area contributed by atoms with Crippen molar-refractivity contribution in [3.8, 4) is 22.8 Å². The molecule has 3 unspecified atom stereocenters. The van der Waals surface area contributed by atoms with E-state index in [4.69, 9.17) is 0 Å². The van der Waals surface area contributed by atoms with E-state index in [9.17, 15) is 0 Å². The first-order chi connectivity index (χ1) is 22.3. The Morgan fingerprint density at radius 2 is 1.33 bits per heavy atom. The van der Waals surface area contributed by atoms with E-state index in [0.29, 0.717) is 11.8 Å². The SMILES string of the molecule is c1ccc(-c2ccc3[n+](c2)C24c5c(ccc6c7ccccc7n(c56)-c5ccc6c7ccccc7n-3c6[n+]52)CC2CCCC24)cc1. The fourth-order valence-corrected chi connectivity index (χ4v) is 10.4. The van der Waals surface area contributed by atoms with Gasteiger partial charge >= 0.3 is 0 Å². The smallest absolute Gasteiger partial charge is 0.224 e. The van der Waals surface area contributed by atoms with Crippen LogP contribution in [0.25, 0.3) is 66.5 Å². The summed E-state index contributed by atoms with van der Waals surface area (Å²) in [4.78, 5) is 0. The Kier molecular flexibility index (Phi) is 3.97. The number of benzene rings is 4. The number of hydrogen-bond donors (Lipinski definition) is 0. The van der Waals surface area contributed by atoms with Crippen LogP contribution in [-0.4, -0.2) is 9.13 Å². The maximum Gasteiger partial charge on any atom is 0.267 e. The van der Waals surface area contributed by atoms with Crippen LogP contribution in [-0.2, 0) is 12.1 Å². The lowest BCUT2D eigenvalue weighted by atomic mass is 9.67. The molecule has 0 radical (unpaired) electrons. The number of pyridine rings is 2. The largest absolute Gasteiger partial charge is 0.267 e. The van der Waals surface area contributed by atoms with Crippen LogP contribution in [0.1, 0.15) is 30.4 Å². The van der Waals surface area contributed by atoms with Crippen LogP contribution < -0.4 is 9.13 Å². The molecular formula is C41H30N4+2. The third-order valence-corrected chi connectivity index (χ3v) is 11.9. The maximum atomic E-state index is 2.81. The summed E-state index contributed by atoms with van der Waals surface area (Å²) in [5, 5.41) is 5.37. The van der Waals surface area contributed by atoms with Crippen LogP contribution in [0.3, 0.4) is 0 Å². The average Bonchev–Trinajstić information content (AvgIpc) is 3.80. The summed E-state index contributed by atoms with van der Waals surface area (Å²) in [7, 11) is 0. The Morgan fingerprint density at radius 3 is 2.20 bits per heavy atom. The zero-order valence-corrected chi connectivity index (χ0v) is 24.8. The van der Waals surface area contributed by atoms with Gasteiger partial charge in [-0.1, -0.05) is 85.3 Å². The van der Waals surface area contributed by atoms with Crippen molar-refractivity contribution in [1.82, 2.24) is 9.13 Å². The molecule has 2 aliphatic heterocycles. The van der Waals surface area contributed by atoms with Crippen molar-refractivity contribution in [1.29, 1.82) is 0 Å². The van der Waals surface area contributed by atoms with Gasteiger partial charge in [0.05, 0.1) is 10.9 Å². The summed E-state index contributed by atoms with van der Waals surface area (Å²) in [6.45, 7) is 0. The fraction of sp³-hybridized carbons (Fsp3) is 0.171. The van der Waals surface area contributed by atoms with Crippen LogP contribution in [0.15, 0.2) is 121 Å². The fourth-order valence-electron chi connectivity index (χ4n) is 10.4. The Balaban J connectivity index is 1.39. The summed E-state index contributed by atoms with van der Waals surface area (Å²) >= 11 is 0. The van der Waals surface area contributed by atoms with Gasteiger partial charge in [-0.3, -0.25) is 0 Å². The molecule has 0 N–H and O–H groups in total. The predicted molar refractivity (Wildman–Crippen MR) is 178 cm³/mol. The van der Waals surface area contributed by atoms with E-state index in [1.807, 2.05) is 0 Å². The van der Waals surface area contributed by atoms with Crippen molar-refractivity contribution < 1.29 is 9.13 Å². The highest BCUT2D eigenvalue weighted by molar-refractivity contribution is 6.12. The number of para-hydroxylation sites is 2. The summed E-state index contributed by atoms with van der Waals surface area (Å²) in [5.41, 5.74) is 10.5. The van der Waals surface area contributed by atoms with Gasteiger partial charge in [0.1, 0.15) is 22.7 Å². The molecule has 4 nitrogen and oxygen atoms in total. The molecule has 2 aliphatic carbocycles. The van der Waals surface area contributed by atoms with E-state index in [-0.39, 0.29) is 5.66 Å². The van der Waals surface area contributed by atoms with Crippen molar-refractivity contribution in [3.05, 3.63) is 133 Å². The normalized spacial score (nSPS) is 22.0. The van der Waals surface area contributed by atoms with Crippen LogP contribution in [0, 0.1) is 11.8 Å². The molecule has 12 rings (SSSR count). The second-order valence-electron chi connectivity index (χ2n) is 13.7. The molecule has 4 aliphatic rings. The van der Waals surface area contributed by atoms with E-state index in [0.717, 1.165) is 0 Å². The molecule has 4 aromatic heterocycles. The molecule has 6 heterocycles. The first-order valence-corrected chi connectivity index (χ1v) is 16.5. The number of aromatic nitrogens is 4. The third-order valence-electron chi connectivity index (χ3n) is 11.9. The molecule has 45 heavy (non-hydrogen) atoms. The van der Waals surface area contributed by atoms with E-state index in [1.54, 1.807) is 0 Å². The zero-order chi connectivity index (χ0) is 29.0. The van der Waals surface area contributed by atoms with Gasteiger partial charge in [0.25, 0.3) is 11.5 Å². The van der Waals surface area contributed by atoms with Crippen molar-refractivity contribution in [2.45, 2.75) is 31.3 Å². The van der Waals surface area contributed by atoms with Gasteiger partial charge in [0.2, 0.25) is 11.5 Å². The second-order valence-corrected chi connectivity index (χ2v) is 13.7. The zero-order valence-electron chi connectivity index (χ0n) is 24.8. The lowest BCUT2D eigenvalue weighted by molar-refractivity contribution is -0.984. The van der Waals surface area contributed by atoms with Gasteiger partial charge in [-0.05, 0) is 60.6 Å². The minimum absolute atomic E-state index is 0.363. The molecule has 0 amide bonds. The molecule has 0 bridgehead atoms. The topological polar surface area (TPSA) is 17.6 Å². The van der Waals surface area contributed by atoms with Crippen molar-refractivity contribution in [2.24, 2.45) is 11.8 Å². The minimum atomic E-state index is -0.363. The highest BCUT2D eigenvalue weighted by Crippen LogP contribution is 2.55. The molecule has 1 spiro atoms. The standard InChI is InChI=1S/C41H30N4/c1-2-9-25(10-3-1)28-18-21-36-42(24-28)41-33-14-8-11-26(33)23-27-17-19-31-29-12-4-6-15-34(29)43(39(31)38(27)41)37-22-20-32-30-13-5-7-16-35(30)44(36)40(32)45(37)41/h1-7,9-10,12-13,15-22,24,26,33H,8,11,14,23H2/q+2. The van der Waals surface area contributed by atoms with Crippen molar-refractivity contribution in [2.75, 3.05) is 0 Å². The van der Waals surface area contributed by atoms with Gasteiger partial charge in [-0.25, -0.2) is 4.57 Å². The van der Waals surface area contributed by atoms with Crippen LogP contribution in [0.2, 0.25) is 0 Å². The number of fused-ring (bicyclic) bond motifs is 10. The number of rotatable bonds is 1. The number of hydrogen-bond acceptors (Lipinski definition) is 0. The van der Waals surface area contributed by atoms with Crippen LogP contribution in [0.4, 0.5) is 0 Å². The van der Waals surface area contributed by atoms with E-state index >= 15 is 0 Å². The molecule has 0 saturated heterocycles. The van der Waals surface area contributed by atoms with Gasteiger partial charge in [0, 0.05) is 39.8 Å². The molecule has 212 valence electrons. The highest BCUT2D eigenvalue weighted by Gasteiger charge is 2.65. The first kappa shape index (κ1) is 23.2. The summed E-state index contributed by atoms with van der Waals surface area (Å²) < 4.78 is 10.7. The highest BCUT2D eigenvalue weighted by atomic mass is 15.4. The lowest BCUT2D eigenvalue weighted by Gasteiger charge is -2.48. The lowest BCUT2D eigenvalue weighted by Crippen LogP contribution is -2.83. The van der Waals surface area contributed by atoms with E-state index in [2.05, 4.69) is 140 Å². The van der Waals surface area contributed by atoms with Gasteiger partial charge in [0.15, 0.2) is 0 Å². The molecule has 1 saturated carbocycles. The molecule has 1 fully saturated rings. The summed E-state index contributed by atoms with van der Waals surface area (Å²) in [6, 6.07) is 43.5. The second kappa shape index (κ2) is 7.70. The van der Waals surface area contributed by atoms with E-state index < -0.39 is 0 Å². The summed E-state index contributed by atoms with van der Waals surface area (Å²) in [5.74, 6) is 3.69. The Hall–Kier alpha value is -5.22. The maximum absolute atomic E-state index is 2.81. The van der Waals surface area contributed by atoms with E-state index in [1.165, 1.54) is 103 Å². The van der Waals surface area contributed by atoms with Gasteiger partial charge in [-0.2, -0.15) is 13.7 Å². The average molecular weight is 579 g/mol. The minimum Gasteiger partial charge on any atom is -0.224 e. The number of nitrogens with zero attached hydrogens (tertiary/aromatic N) is 4. The molecule has 3 atom stereocenters. The third kappa shape index (κ3) is 2.47. The Morgan fingerprint density at radius 1 is 0.600 bits per heavy atom. The molecule has 8 aromatic rings. The van der Waals surface area contributed by atoms with Gasteiger partial charge < -0.3 is 0 Å². The van der Waals surface area contributed by atoms with Crippen molar-refractivity contribution >= 4 is 43.7 Å². The Bertz CT molecular complexity index is 2620.